The zero-order valence-corrected chi connectivity index (χ0v) is 16.1. The largest absolute Gasteiger partial charge is 0.376 e. The minimum atomic E-state index is -0.300. The van der Waals surface area contributed by atoms with E-state index in [0.717, 1.165) is 35.5 Å². The molecule has 1 atom stereocenters. The van der Waals surface area contributed by atoms with E-state index in [1.54, 1.807) is 25.2 Å². The zero-order valence-electron chi connectivity index (χ0n) is 14.5. The van der Waals surface area contributed by atoms with Crippen molar-refractivity contribution in [2.75, 3.05) is 31.3 Å². The molecule has 6 nitrogen and oxygen atoms in total. The van der Waals surface area contributed by atoms with Crippen molar-refractivity contribution in [1.29, 1.82) is 0 Å². The number of anilines is 1. The van der Waals surface area contributed by atoms with E-state index in [1.165, 1.54) is 34.1 Å². The molecule has 1 aromatic heterocycles. The SMILES string of the molecule is CN(Cc1ccccc1F)C(=O)CSc1nnc(NCC2CCCO2)s1. The maximum atomic E-state index is 13.7. The van der Waals surface area contributed by atoms with Gasteiger partial charge in [-0.3, -0.25) is 4.79 Å². The summed E-state index contributed by atoms with van der Waals surface area (Å²) in [5.74, 6) is -0.140. The molecule has 1 unspecified atom stereocenters. The predicted molar refractivity (Wildman–Crippen MR) is 101 cm³/mol. The summed E-state index contributed by atoms with van der Waals surface area (Å²) in [5.41, 5.74) is 0.505. The number of carbonyl (C=O) groups excluding carboxylic acids is 1. The van der Waals surface area contributed by atoms with Crippen LogP contribution in [0.15, 0.2) is 28.6 Å². The number of hydrogen-bond acceptors (Lipinski definition) is 7. The second-order valence-electron chi connectivity index (χ2n) is 6.02. The summed E-state index contributed by atoms with van der Waals surface area (Å²) in [6.45, 7) is 1.80. The summed E-state index contributed by atoms with van der Waals surface area (Å²) in [5, 5.41) is 12.1. The molecular weight excluding hydrogens is 375 g/mol. The first-order valence-corrected chi connectivity index (χ1v) is 10.2. The Bertz CT molecular complexity index is 737. The van der Waals surface area contributed by atoms with E-state index in [2.05, 4.69) is 15.5 Å². The van der Waals surface area contributed by atoms with Gasteiger partial charge in [-0.2, -0.15) is 0 Å². The fourth-order valence-electron chi connectivity index (χ4n) is 2.55. The Balaban J connectivity index is 1.43. The monoisotopic (exact) mass is 396 g/mol. The van der Waals surface area contributed by atoms with E-state index in [4.69, 9.17) is 4.74 Å². The van der Waals surface area contributed by atoms with E-state index >= 15 is 0 Å². The van der Waals surface area contributed by atoms with E-state index in [0.29, 0.717) is 5.56 Å². The van der Waals surface area contributed by atoms with Crippen LogP contribution in [-0.4, -0.2) is 53.1 Å². The number of hydrogen-bond donors (Lipinski definition) is 1. The lowest BCUT2D eigenvalue weighted by Gasteiger charge is -2.17. The average molecular weight is 397 g/mol. The quantitative estimate of drug-likeness (QED) is 0.692. The summed E-state index contributed by atoms with van der Waals surface area (Å²) < 4.78 is 20.0. The van der Waals surface area contributed by atoms with Crippen LogP contribution in [0.2, 0.25) is 0 Å². The summed E-state index contributed by atoms with van der Waals surface area (Å²) in [7, 11) is 1.67. The third-order valence-corrected chi connectivity index (χ3v) is 6.02. The Morgan fingerprint density at radius 3 is 3.08 bits per heavy atom. The lowest BCUT2D eigenvalue weighted by molar-refractivity contribution is -0.127. The van der Waals surface area contributed by atoms with Gasteiger partial charge in [-0.05, 0) is 18.9 Å². The van der Waals surface area contributed by atoms with Gasteiger partial charge in [0.25, 0.3) is 0 Å². The molecule has 1 saturated heterocycles. The summed E-state index contributed by atoms with van der Waals surface area (Å²) in [4.78, 5) is 13.8. The number of benzene rings is 1. The van der Waals surface area contributed by atoms with Crippen molar-refractivity contribution in [3.05, 3.63) is 35.6 Å². The third kappa shape index (κ3) is 5.39. The van der Waals surface area contributed by atoms with Crippen molar-refractivity contribution >= 4 is 34.1 Å². The van der Waals surface area contributed by atoms with E-state index in [-0.39, 0.29) is 30.1 Å². The maximum Gasteiger partial charge on any atom is 0.233 e. The molecule has 9 heteroatoms. The highest BCUT2D eigenvalue weighted by Gasteiger charge is 2.17. The van der Waals surface area contributed by atoms with Crippen molar-refractivity contribution in [3.8, 4) is 0 Å². The second kappa shape index (κ2) is 9.29. The Labute approximate surface area is 160 Å². The second-order valence-corrected chi connectivity index (χ2v) is 8.22. The van der Waals surface area contributed by atoms with E-state index in [1.807, 2.05) is 0 Å². The van der Waals surface area contributed by atoms with Crippen LogP contribution in [0.4, 0.5) is 9.52 Å². The van der Waals surface area contributed by atoms with Gasteiger partial charge in [-0.25, -0.2) is 4.39 Å². The molecule has 1 aromatic carbocycles. The highest BCUT2D eigenvalue weighted by molar-refractivity contribution is 8.01. The number of aromatic nitrogens is 2. The van der Waals surface area contributed by atoms with Crippen LogP contribution in [-0.2, 0) is 16.1 Å². The molecule has 1 N–H and O–H groups in total. The van der Waals surface area contributed by atoms with Gasteiger partial charge < -0.3 is 15.0 Å². The molecule has 1 aliphatic rings. The van der Waals surface area contributed by atoms with Gasteiger partial charge in [0.1, 0.15) is 5.82 Å². The number of thioether (sulfide) groups is 1. The van der Waals surface area contributed by atoms with Crippen LogP contribution in [0.3, 0.4) is 0 Å². The smallest absolute Gasteiger partial charge is 0.233 e. The topological polar surface area (TPSA) is 67.4 Å². The van der Waals surface area contributed by atoms with Crippen molar-refractivity contribution in [1.82, 2.24) is 15.1 Å². The molecule has 1 fully saturated rings. The van der Waals surface area contributed by atoms with Gasteiger partial charge in [0.2, 0.25) is 11.0 Å². The van der Waals surface area contributed by atoms with Gasteiger partial charge in [0.05, 0.1) is 11.9 Å². The summed E-state index contributed by atoms with van der Waals surface area (Å²) in [6.07, 6.45) is 2.41. The summed E-state index contributed by atoms with van der Waals surface area (Å²) in [6, 6.07) is 6.48. The Morgan fingerprint density at radius 1 is 1.46 bits per heavy atom. The van der Waals surface area contributed by atoms with Crippen LogP contribution >= 0.6 is 23.1 Å². The van der Waals surface area contributed by atoms with E-state index in [9.17, 15) is 9.18 Å². The van der Waals surface area contributed by atoms with Gasteiger partial charge in [-0.15, -0.1) is 10.2 Å². The van der Waals surface area contributed by atoms with Crippen molar-refractivity contribution in [2.24, 2.45) is 0 Å². The fourth-order valence-corrected chi connectivity index (χ4v) is 4.25. The first kappa shape index (κ1) is 19.1. The molecule has 2 aromatic rings. The van der Waals surface area contributed by atoms with Crippen molar-refractivity contribution in [3.63, 3.8) is 0 Å². The lowest BCUT2D eigenvalue weighted by Crippen LogP contribution is -2.28. The van der Waals surface area contributed by atoms with Crippen LogP contribution in [0.5, 0.6) is 0 Å². The van der Waals surface area contributed by atoms with Gasteiger partial charge in [0, 0.05) is 32.3 Å². The molecule has 140 valence electrons. The number of ether oxygens (including phenoxy) is 1. The molecule has 3 rings (SSSR count). The number of carbonyl (C=O) groups is 1. The first-order valence-electron chi connectivity index (χ1n) is 8.41. The van der Waals surface area contributed by atoms with Gasteiger partial charge in [-0.1, -0.05) is 41.3 Å². The van der Waals surface area contributed by atoms with Crippen molar-refractivity contribution < 1.29 is 13.9 Å². The molecule has 1 amide bonds. The molecule has 1 aliphatic heterocycles. The standard InChI is InChI=1S/C17H21FN4O2S2/c1-22(10-12-5-2-3-7-14(12)18)15(23)11-25-17-21-20-16(26-17)19-9-13-6-4-8-24-13/h2-3,5,7,13H,4,6,8-11H2,1H3,(H,19,20). The molecule has 0 bridgehead atoms. The Hall–Kier alpha value is -1.71. The number of nitrogens with one attached hydrogen (secondary N) is 1. The highest BCUT2D eigenvalue weighted by atomic mass is 32.2. The molecule has 26 heavy (non-hydrogen) atoms. The summed E-state index contributed by atoms with van der Waals surface area (Å²) >= 11 is 2.76. The number of halogens is 1. The normalized spacial score (nSPS) is 16.6. The van der Waals surface area contributed by atoms with E-state index < -0.39 is 0 Å². The van der Waals surface area contributed by atoms with Gasteiger partial charge in [0.15, 0.2) is 4.34 Å². The minimum Gasteiger partial charge on any atom is -0.376 e. The minimum absolute atomic E-state index is 0.0812. The zero-order chi connectivity index (χ0) is 18.4. The molecular formula is C17H21FN4O2S2. The van der Waals surface area contributed by atoms with Gasteiger partial charge >= 0.3 is 0 Å². The average Bonchev–Trinajstić information content (AvgIpc) is 3.31. The van der Waals surface area contributed by atoms with Crippen LogP contribution in [0.25, 0.3) is 0 Å². The molecule has 0 spiro atoms. The van der Waals surface area contributed by atoms with Crippen molar-refractivity contribution in [2.45, 2.75) is 29.8 Å². The van der Waals surface area contributed by atoms with Crippen LogP contribution < -0.4 is 5.32 Å². The molecule has 0 saturated carbocycles. The molecule has 0 aliphatic carbocycles. The Kier molecular flexibility index (Phi) is 6.81. The first-order chi connectivity index (χ1) is 12.6. The lowest BCUT2D eigenvalue weighted by atomic mass is 10.2. The highest BCUT2D eigenvalue weighted by Crippen LogP contribution is 2.26. The number of rotatable bonds is 8. The Morgan fingerprint density at radius 2 is 2.31 bits per heavy atom. The predicted octanol–water partition coefficient (Wildman–Crippen LogP) is 3.02. The fraction of sp³-hybridized carbons (Fsp3) is 0.471. The molecule has 0 radical (unpaired) electrons. The van der Waals surface area contributed by atoms with Crippen LogP contribution in [0, 0.1) is 5.82 Å². The molecule has 2 heterocycles. The third-order valence-electron chi connectivity index (χ3n) is 4.02. The van der Waals surface area contributed by atoms with Crippen LogP contribution in [0.1, 0.15) is 18.4 Å². The number of amides is 1. The maximum absolute atomic E-state index is 13.7. The number of nitrogens with zero attached hydrogens (tertiary/aromatic N) is 3.